The molecule has 4 heteroatoms. The fraction of sp³-hybridized carbons (Fsp3) is 0.143. The van der Waals surface area contributed by atoms with Crippen molar-refractivity contribution in [3.63, 3.8) is 0 Å². The number of benzene rings is 3. The van der Waals surface area contributed by atoms with Gasteiger partial charge in [0.2, 0.25) is 0 Å². The van der Waals surface area contributed by atoms with E-state index >= 15 is 0 Å². The number of carbonyl (C=O) groups is 1. The molecule has 0 fully saturated rings. The summed E-state index contributed by atoms with van der Waals surface area (Å²) in [7, 11) is 0. The van der Waals surface area contributed by atoms with Crippen LogP contribution in [0.5, 0.6) is 0 Å². The molecule has 32 heavy (non-hydrogen) atoms. The molecule has 0 spiro atoms. The van der Waals surface area contributed by atoms with Crippen LogP contribution in [0.4, 0.5) is 5.69 Å². The number of aromatic nitrogens is 1. The Morgan fingerprint density at radius 1 is 0.812 bits per heavy atom. The van der Waals surface area contributed by atoms with E-state index < -0.39 is 0 Å². The zero-order valence-electron chi connectivity index (χ0n) is 17.8. The van der Waals surface area contributed by atoms with Gasteiger partial charge in [0, 0.05) is 30.5 Å². The van der Waals surface area contributed by atoms with E-state index in [2.05, 4.69) is 39.5 Å². The summed E-state index contributed by atoms with van der Waals surface area (Å²) in [6, 6.07) is 31.9. The van der Waals surface area contributed by atoms with Crippen molar-refractivity contribution in [3.05, 3.63) is 131 Å². The quantitative estimate of drug-likeness (QED) is 0.486. The molecule has 1 unspecified atom stereocenters. The third-order valence-corrected chi connectivity index (χ3v) is 6.02. The van der Waals surface area contributed by atoms with E-state index in [0.29, 0.717) is 5.56 Å². The smallest absolute Gasteiger partial charge is 0.252 e. The van der Waals surface area contributed by atoms with Gasteiger partial charge < -0.3 is 10.2 Å². The van der Waals surface area contributed by atoms with Gasteiger partial charge in [0.15, 0.2) is 0 Å². The molecule has 158 valence electrons. The van der Waals surface area contributed by atoms with E-state index in [1.807, 2.05) is 72.8 Å². The molecule has 1 atom stereocenters. The molecule has 0 saturated carbocycles. The summed E-state index contributed by atoms with van der Waals surface area (Å²) in [6.07, 6.45) is 2.80. The molecule has 0 bridgehead atoms. The molecule has 0 saturated heterocycles. The summed E-state index contributed by atoms with van der Waals surface area (Å²) in [5, 5.41) is 3.16. The Morgan fingerprint density at radius 3 is 2.28 bits per heavy atom. The Morgan fingerprint density at radius 2 is 1.53 bits per heavy atom. The average molecular weight is 420 g/mol. The lowest BCUT2D eigenvalue weighted by molar-refractivity contribution is 0.0942. The molecular formula is C28H25N3O. The van der Waals surface area contributed by atoms with E-state index in [-0.39, 0.29) is 11.9 Å². The SMILES string of the molecule is O=C(NC(c1ccccc1)c1ccccn1)c1ccc(N2CCc3ccccc3C2)cc1. The van der Waals surface area contributed by atoms with Gasteiger partial charge in [-0.2, -0.15) is 0 Å². The minimum absolute atomic E-state index is 0.111. The second-order valence-electron chi connectivity index (χ2n) is 8.06. The lowest BCUT2D eigenvalue weighted by Crippen LogP contribution is -2.31. The molecule has 4 nitrogen and oxygen atoms in total. The predicted octanol–water partition coefficient (Wildman–Crippen LogP) is 5.16. The van der Waals surface area contributed by atoms with Gasteiger partial charge in [0.25, 0.3) is 5.91 Å². The molecule has 4 aromatic rings. The Bertz CT molecular complexity index is 1150. The summed E-state index contributed by atoms with van der Waals surface area (Å²) >= 11 is 0. The number of pyridine rings is 1. The van der Waals surface area contributed by atoms with E-state index in [0.717, 1.165) is 36.5 Å². The first-order valence-electron chi connectivity index (χ1n) is 11.0. The minimum Gasteiger partial charge on any atom is -0.367 e. The highest BCUT2D eigenvalue weighted by atomic mass is 16.1. The number of hydrogen-bond donors (Lipinski definition) is 1. The fourth-order valence-electron chi connectivity index (χ4n) is 4.27. The molecule has 1 amide bonds. The number of anilines is 1. The predicted molar refractivity (Wildman–Crippen MR) is 128 cm³/mol. The third kappa shape index (κ3) is 4.26. The Labute approximate surface area is 188 Å². The maximum absolute atomic E-state index is 13.1. The molecule has 1 aromatic heterocycles. The van der Waals surface area contributed by atoms with Gasteiger partial charge in [-0.1, -0.05) is 60.7 Å². The normalized spacial score (nSPS) is 13.8. The average Bonchev–Trinajstić information content (AvgIpc) is 2.88. The van der Waals surface area contributed by atoms with Crippen molar-refractivity contribution in [1.82, 2.24) is 10.3 Å². The molecule has 0 aliphatic carbocycles. The summed E-state index contributed by atoms with van der Waals surface area (Å²) in [5.41, 5.74) is 6.41. The van der Waals surface area contributed by atoms with E-state index in [4.69, 9.17) is 0 Å². The van der Waals surface area contributed by atoms with Crippen LogP contribution in [0.2, 0.25) is 0 Å². The number of carbonyl (C=O) groups excluding carboxylic acids is 1. The lowest BCUT2D eigenvalue weighted by atomic mass is 9.99. The van der Waals surface area contributed by atoms with Crippen LogP contribution >= 0.6 is 0 Å². The zero-order chi connectivity index (χ0) is 21.8. The van der Waals surface area contributed by atoms with Crippen molar-refractivity contribution in [2.24, 2.45) is 0 Å². The maximum Gasteiger partial charge on any atom is 0.252 e. The summed E-state index contributed by atoms with van der Waals surface area (Å²) < 4.78 is 0. The third-order valence-electron chi connectivity index (χ3n) is 6.02. The number of nitrogens with zero attached hydrogens (tertiary/aromatic N) is 2. The molecule has 5 rings (SSSR count). The topological polar surface area (TPSA) is 45.2 Å². The van der Waals surface area contributed by atoms with Gasteiger partial charge in [-0.15, -0.1) is 0 Å². The first-order valence-corrected chi connectivity index (χ1v) is 11.0. The van der Waals surface area contributed by atoms with E-state index in [1.165, 1.54) is 11.1 Å². The van der Waals surface area contributed by atoms with Crippen molar-refractivity contribution < 1.29 is 4.79 Å². The molecule has 3 aromatic carbocycles. The monoisotopic (exact) mass is 419 g/mol. The van der Waals surface area contributed by atoms with Crippen LogP contribution < -0.4 is 10.2 Å². The highest BCUT2D eigenvalue weighted by Gasteiger charge is 2.20. The number of nitrogens with one attached hydrogen (secondary N) is 1. The molecule has 1 aliphatic heterocycles. The Hall–Kier alpha value is -3.92. The lowest BCUT2D eigenvalue weighted by Gasteiger charge is -2.30. The van der Waals surface area contributed by atoms with Crippen molar-refractivity contribution in [2.45, 2.75) is 19.0 Å². The molecule has 1 N–H and O–H groups in total. The van der Waals surface area contributed by atoms with Crippen LogP contribution in [-0.4, -0.2) is 17.4 Å². The number of hydrogen-bond acceptors (Lipinski definition) is 3. The van der Waals surface area contributed by atoms with Crippen molar-refractivity contribution in [1.29, 1.82) is 0 Å². The second kappa shape index (κ2) is 9.06. The van der Waals surface area contributed by atoms with Crippen LogP contribution in [0.15, 0.2) is 103 Å². The standard InChI is InChI=1S/C28H25N3O/c32-28(30-27(22-9-2-1-3-10-22)26-12-6-7-18-29-26)23-13-15-25(16-14-23)31-19-17-21-8-4-5-11-24(21)20-31/h1-16,18,27H,17,19-20H2,(H,30,32). The Balaban J connectivity index is 1.33. The van der Waals surface area contributed by atoms with Gasteiger partial charge in [0.1, 0.15) is 0 Å². The molecule has 0 radical (unpaired) electrons. The van der Waals surface area contributed by atoms with Gasteiger partial charge in [-0.05, 0) is 59.5 Å². The van der Waals surface area contributed by atoms with Gasteiger partial charge in [-0.3, -0.25) is 9.78 Å². The van der Waals surface area contributed by atoms with E-state index in [1.54, 1.807) is 6.20 Å². The first-order chi connectivity index (χ1) is 15.8. The summed E-state index contributed by atoms with van der Waals surface area (Å²) in [4.78, 5) is 19.9. The minimum atomic E-state index is -0.303. The molecule has 2 heterocycles. The molecular weight excluding hydrogens is 394 g/mol. The second-order valence-corrected chi connectivity index (χ2v) is 8.06. The summed E-state index contributed by atoms with van der Waals surface area (Å²) in [6.45, 7) is 1.88. The highest BCUT2D eigenvalue weighted by Crippen LogP contribution is 2.25. The van der Waals surface area contributed by atoms with Crippen LogP contribution in [0, 0.1) is 0 Å². The fourth-order valence-corrected chi connectivity index (χ4v) is 4.27. The number of amides is 1. The van der Waals surface area contributed by atoms with Gasteiger partial charge >= 0.3 is 0 Å². The Kier molecular flexibility index (Phi) is 5.67. The van der Waals surface area contributed by atoms with Crippen LogP contribution in [0.25, 0.3) is 0 Å². The van der Waals surface area contributed by atoms with Gasteiger partial charge in [0.05, 0.1) is 11.7 Å². The number of rotatable bonds is 5. The van der Waals surface area contributed by atoms with Crippen LogP contribution in [0.1, 0.15) is 38.8 Å². The zero-order valence-corrected chi connectivity index (χ0v) is 17.8. The highest BCUT2D eigenvalue weighted by molar-refractivity contribution is 5.95. The first kappa shape index (κ1) is 20.0. The maximum atomic E-state index is 13.1. The summed E-state index contributed by atoms with van der Waals surface area (Å²) in [5.74, 6) is -0.111. The number of fused-ring (bicyclic) bond motifs is 1. The van der Waals surface area contributed by atoms with Crippen molar-refractivity contribution >= 4 is 11.6 Å². The van der Waals surface area contributed by atoms with Crippen LogP contribution in [0.3, 0.4) is 0 Å². The van der Waals surface area contributed by atoms with Crippen LogP contribution in [-0.2, 0) is 13.0 Å². The largest absolute Gasteiger partial charge is 0.367 e. The van der Waals surface area contributed by atoms with E-state index in [9.17, 15) is 4.79 Å². The van der Waals surface area contributed by atoms with Gasteiger partial charge in [-0.25, -0.2) is 0 Å². The van der Waals surface area contributed by atoms with Crippen molar-refractivity contribution in [3.8, 4) is 0 Å². The molecule has 1 aliphatic rings. The van der Waals surface area contributed by atoms with Crippen molar-refractivity contribution in [2.75, 3.05) is 11.4 Å².